The SMILES string of the molecule is C=CC(=O)OCCCCCCCCCCCOc1ccc(OC(=O)c2ccc(C(=O)Oc3ccc(OCCCCCCCCCCCOC(=O)C=C)cc3)c(C(=O)OCCCCCCOc3ccc(N=[N+]([O-])c4ccc([N+](=O)[O-])cc4)cc3)c2)cc1. The molecule has 19 nitrogen and oxygen atoms in total. The highest BCUT2D eigenvalue weighted by molar-refractivity contribution is 6.06. The number of azo groups is 1. The Labute approximate surface area is 504 Å². The molecule has 19 heteroatoms. The summed E-state index contributed by atoms with van der Waals surface area (Å²) in [6, 6.07) is 29.0. The maximum absolute atomic E-state index is 13.7. The third-order valence-corrected chi connectivity index (χ3v) is 13.6. The molecule has 0 saturated carbocycles. The zero-order chi connectivity index (χ0) is 61.4. The lowest BCUT2D eigenvalue weighted by Crippen LogP contribution is -2.18. The van der Waals surface area contributed by atoms with Gasteiger partial charge in [0.1, 0.15) is 34.4 Å². The van der Waals surface area contributed by atoms with E-state index < -0.39 is 22.8 Å². The van der Waals surface area contributed by atoms with Crippen LogP contribution < -0.4 is 23.7 Å². The molecule has 0 fully saturated rings. The second kappa shape index (κ2) is 40.4. The number of nitro groups is 1. The molecular weight excluding hydrogens is 1100 g/mol. The van der Waals surface area contributed by atoms with Gasteiger partial charge in [-0.05, 0) is 142 Å². The van der Waals surface area contributed by atoms with Gasteiger partial charge in [-0.2, -0.15) is 0 Å². The van der Waals surface area contributed by atoms with E-state index in [2.05, 4.69) is 18.3 Å². The van der Waals surface area contributed by atoms with Gasteiger partial charge in [0.25, 0.3) is 5.69 Å². The molecular formula is C67H81N3O16. The summed E-state index contributed by atoms with van der Waals surface area (Å²) in [5, 5.41) is 27.3. The molecule has 0 amide bonds. The molecule has 0 aromatic heterocycles. The predicted octanol–water partition coefficient (Wildman–Crippen LogP) is 16.0. The van der Waals surface area contributed by atoms with Crippen LogP contribution in [0.3, 0.4) is 0 Å². The van der Waals surface area contributed by atoms with Crippen molar-refractivity contribution in [1.29, 1.82) is 0 Å². The topological polar surface area (TPSA) is 241 Å². The molecule has 460 valence electrons. The minimum Gasteiger partial charge on any atom is -0.594 e. The van der Waals surface area contributed by atoms with E-state index in [1.165, 1.54) is 54.6 Å². The highest BCUT2D eigenvalue weighted by Crippen LogP contribution is 2.26. The molecule has 0 aliphatic heterocycles. The van der Waals surface area contributed by atoms with Crippen LogP contribution in [0.1, 0.15) is 172 Å². The predicted molar refractivity (Wildman–Crippen MR) is 325 cm³/mol. The van der Waals surface area contributed by atoms with Crippen LogP contribution in [0.4, 0.5) is 17.1 Å². The summed E-state index contributed by atoms with van der Waals surface area (Å²) in [6.45, 7) is 9.20. The molecule has 5 aromatic rings. The van der Waals surface area contributed by atoms with Crippen LogP contribution in [0, 0.1) is 15.3 Å². The van der Waals surface area contributed by atoms with Crippen LogP contribution in [-0.4, -0.2) is 79.3 Å². The lowest BCUT2D eigenvalue weighted by molar-refractivity contribution is -0.435. The minimum absolute atomic E-state index is 0.0120. The van der Waals surface area contributed by atoms with E-state index in [0.717, 1.165) is 122 Å². The number of nitro benzene ring substituents is 1. The van der Waals surface area contributed by atoms with Crippen LogP contribution in [0.25, 0.3) is 0 Å². The number of nitrogens with zero attached hydrogens (tertiary/aromatic N) is 3. The van der Waals surface area contributed by atoms with Crippen LogP contribution in [0.5, 0.6) is 28.7 Å². The van der Waals surface area contributed by atoms with Gasteiger partial charge >= 0.3 is 29.8 Å². The van der Waals surface area contributed by atoms with Crippen molar-refractivity contribution in [3.05, 3.63) is 173 Å². The number of carbonyl (C=O) groups is 5. The molecule has 0 unspecified atom stereocenters. The third kappa shape index (κ3) is 27.2. The number of rotatable bonds is 44. The van der Waals surface area contributed by atoms with Crippen LogP contribution in [0.2, 0.25) is 0 Å². The normalized spacial score (nSPS) is 11.0. The van der Waals surface area contributed by atoms with Crippen molar-refractivity contribution in [3.63, 3.8) is 0 Å². The number of non-ortho nitro benzene ring substituents is 1. The maximum Gasteiger partial charge on any atom is 0.344 e. The average Bonchev–Trinajstić information content (AvgIpc) is 3.43. The van der Waals surface area contributed by atoms with Gasteiger partial charge in [0.2, 0.25) is 5.69 Å². The molecule has 5 aromatic carbocycles. The average molecular weight is 1180 g/mol. The monoisotopic (exact) mass is 1180 g/mol. The number of hydrogen-bond acceptors (Lipinski definition) is 17. The van der Waals surface area contributed by atoms with Crippen LogP contribution >= 0.6 is 0 Å². The highest BCUT2D eigenvalue weighted by atomic mass is 16.6. The van der Waals surface area contributed by atoms with E-state index in [-0.39, 0.29) is 58.1 Å². The van der Waals surface area contributed by atoms with Gasteiger partial charge in [-0.1, -0.05) is 108 Å². The summed E-state index contributed by atoms with van der Waals surface area (Å²) >= 11 is 0. The van der Waals surface area contributed by atoms with Gasteiger partial charge in [0.15, 0.2) is 0 Å². The zero-order valence-corrected chi connectivity index (χ0v) is 49.2. The first-order chi connectivity index (χ1) is 41.9. The Morgan fingerprint density at radius 1 is 0.384 bits per heavy atom. The molecule has 0 heterocycles. The van der Waals surface area contributed by atoms with Crippen molar-refractivity contribution in [3.8, 4) is 28.7 Å². The lowest BCUT2D eigenvalue weighted by Gasteiger charge is -2.12. The van der Waals surface area contributed by atoms with Crippen molar-refractivity contribution in [2.75, 3.05) is 39.6 Å². The van der Waals surface area contributed by atoms with Gasteiger partial charge in [0, 0.05) is 41.5 Å². The fourth-order valence-electron chi connectivity index (χ4n) is 8.74. The summed E-state index contributed by atoms with van der Waals surface area (Å²) in [5.74, 6) is -0.858. The van der Waals surface area contributed by atoms with Crippen molar-refractivity contribution >= 4 is 46.9 Å². The maximum atomic E-state index is 13.7. The quantitative estimate of drug-likeness (QED) is 0.00405. The summed E-state index contributed by atoms with van der Waals surface area (Å²) in [4.78, 5) is 74.0. The Morgan fingerprint density at radius 2 is 0.733 bits per heavy atom. The molecule has 0 spiro atoms. The minimum atomic E-state index is -0.831. The number of hydrogen-bond donors (Lipinski definition) is 0. The summed E-state index contributed by atoms with van der Waals surface area (Å²) in [6.07, 6.45) is 24.1. The van der Waals surface area contributed by atoms with Crippen molar-refractivity contribution in [2.24, 2.45) is 5.11 Å². The van der Waals surface area contributed by atoms with E-state index in [1.54, 1.807) is 72.8 Å². The van der Waals surface area contributed by atoms with Gasteiger partial charge in [-0.25, -0.2) is 24.0 Å². The Morgan fingerprint density at radius 3 is 1.14 bits per heavy atom. The summed E-state index contributed by atoms with van der Waals surface area (Å²) in [5.41, 5.74) is 0.120. The highest BCUT2D eigenvalue weighted by Gasteiger charge is 2.24. The van der Waals surface area contributed by atoms with E-state index in [1.807, 2.05) is 0 Å². The Kier molecular flexibility index (Phi) is 31.9. The molecule has 0 bridgehead atoms. The van der Waals surface area contributed by atoms with Crippen molar-refractivity contribution in [1.82, 2.24) is 0 Å². The van der Waals surface area contributed by atoms with Crippen molar-refractivity contribution in [2.45, 2.75) is 141 Å². The first-order valence-electron chi connectivity index (χ1n) is 29.9. The number of esters is 5. The zero-order valence-electron chi connectivity index (χ0n) is 49.2. The van der Waals surface area contributed by atoms with Gasteiger partial charge < -0.3 is 43.1 Å². The standard InChI is InChI=1S/C67H81N3O16/c1-3-63(71)82-48-24-17-13-9-5-7-11-15-21-45-80-57-36-40-59(41-37-57)85-65(73)52-27-44-61(67(75)86-60-42-38-58(39-43-60)81-46-22-16-12-8-6-10-14-18-25-49-83-64(72)4-2)62(51-52)66(74)84-50-26-20-19-23-47-79-56-34-28-53(29-35-56)68-69(76)54-30-32-55(33-31-54)70(77)78/h3-4,27-44,51H,1-2,5-26,45-50H2. The van der Waals surface area contributed by atoms with Crippen molar-refractivity contribution < 1.29 is 71.7 Å². The van der Waals surface area contributed by atoms with E-state index in [4.69, 9.17) is 37.9 Å². The second-order valence-electron chi connectivity index (χ2n) is 20.3. The van der Waals surface area contributed by atoms with E-state index >= 15 is 0 Å². The van der Waals surface area contributed by atoms with E-state index in [9.17, 15) is 39.3 Å². The Hall–Kier alpha value is -8.87. The first-order valence-corrected chi connectivity index (χ1v) is 29.9. The summed E-state index contributed by atoms with van der Waals surface area (Å²) in [7, 11) is 0. The third-order valence-electron chi connectivity index (χ3n) is 13.6. The number of carbonyl (C=O) groups excluding carboxylic acids is 5. The number of unbranched alkanes of at least 4 members (excludes halogenated alkanes) is 19. The van der Waals surface area contributed by atoms with Gasteiger partial charge in [-0.3, -0.25) is 10.1 Å². The van der Waals surface area contributed by atoms with Gasteiger partial charge in [-0.15, -0.1) is 0 Å². The molecule has 0 aliphatic carbocycles. The second-order valence-corrected chi connectivity index (χ2v) is 20.3. The number of benzene rings is 5. The molecule has 0 aliphatic rings. The molecule has 0 radical (unpaired) electrons. The molecule has 0 N–H and O–H groups in total. The lowest BCUT2D eigenvalue weighted by atomic mass is 10.0. The molecule has 0 saturated heterocycles. The van der Waals surface area contributed by atoms with E-state index in [0.29, 0.717) is 80.1 Å². The summed E-state index contributed by atoms with van der Waals surface area (Å²) < 4.78 is 44.8. The molecule has 5 rings (SSSR count). The number of ether oxygens (including phenoxy) is 8. The van der Waals surface area contributed by atoms with Crippen LogP contribution in [0.15, 0.2) is 146 Å². The smallest absolute Gasteiger partial charge is 0.344 e. The molecule has 0 atom stereocenters. The fraction of sp³-hybridized carbons (Fsp3) is 0.418. The molecule has 86 heavy (non-hydrogen) atoms. The van der Waals surface area contributed by atoms with Crippen LogP contribution in [-0.2, 0) is 23.8 Å². The Bertz CT molecular complexity index is 2910. The Balaban J connectivity index is 1.06. The fourth-order valence-corrected chi connectivity index (χ4v) is 8.74. The first kappa shape index (κ1) is 67.9. The largest absolute Gasteiger partial charge is 0.594 e. The van der Waals surface area contributed by atoms with Gasteiger partial charge in [0.05, 0.1) is 61.3 Å².